The molecular weight excluding hydrogens is 300 g/mol. The minimum atomic E-state index is -0.239. The standard InChI is InChI=1S/C17H20ClN2O2/c1-12-4-2-7-19(11-12)8-3-9-20-16(21)14-6-5-13(18)10-15(14)17(20)22/h2,4-5,7,11,14-15H,3,6,8-10H2,1H3/q+1/t14-,15-/m1/s1. The molecule has 0 aromatic carbocycles. The second kappa shape index (κ2) is 6.21. The summed E-state index contributed by atoms with van der Waals surface area (Å²) in [5, 5.41) is 0.708. The van der Waals surface area contributed by atoms with Crippen LogP contribution >= 0.6 is 11.6 Å². The van der Waals surface area contributed by atoms with E-state index in [1.54, 1.807) is 0 Å². The van der Waals surface area contributed by atoms with E-state index in [1.807, 2.05) is 31.3 Å². The molecule has 1 aliphatic heterocycles. The van der Waals surface area contributed by atoms with E-state index in [-0.39, 0.29) is 23.7 Å². The van der Waals surface area contributed by atoms with Gasteiger partial charge in [-0.1, -0.05) is 17.7 Å². The highest BCUT2D eigenvalue weighted by Crippen LogP contribution is 2.38. The highest BCUT2D eigenvalue weighted by Gasteiger charge is 2.47. The van der Waals surface area contributed by atoms with Crippen LogP contribution < -0.4 is 4.57 Å². The Labute approximate surface area is 135 Å². The van der Waals surface area contributed by atoms with Crippen LogP contribution in [-0.2, 0) is 16.1 Å². The fourth-order valence-corrected chi connectivity index (χ4v) is 3.58. The first kappa shape index (κ1) is 15.2. The van der Waals surface area contributed by atoms with Crippen molar-refractivity contribution >= 4 is 23.4 Å². The number of imide groups is 1. The third-order valence-electron chi connectivity index (χ3n) is 4.46. The topological polar surface area (TPSA) is 41.3 Å². The van der Waals surface area contributed by atoms with E-state index in [2.05, 4.69) is 10.8 Å². The van der Waals surface area contributed by atoms with Gasteiger partial charge < -0.3 is 0 Å². The summed E-state index contributed by atoms with van der Waals surface area (Å²) in [5.41, 5.74) is 1.20. The van der Waals surface area contributed by atoms with Crippen LogP contribution in [0, 0.1) is 18.8 Å². The highest BCUT2D eigenvalue weighted by atomic mass is 35.5. The molecule has 116 valence electrons. The molecule has 5 heteroatoms. The Morgan fingerprint density at radius 2 is 2.09 bits per heavy atom. The predicted octanol–water partition coefficient (Wildman–Crippen LogP) is 2.19. The Morgan fingerprint density at radius 3 is 2.86 bits per heavy atom. The molecule has 22 heavy (non-hydrogen) atoms. The molecule has 0 radical (unpaired) electrons. The van der Waals surface area contributed by atoms with Gasteiger partial charge in [-0.15, -0.1) is 0 Å². The summed E-state index contributed by atoms with van der Waals surface area (Å²) >= 11 is 6.02. The van der Waals surface area contributed by atoms with Crippen LogP contribution in [0.2, 0.25) is 0 Å². The SMILES string of the molecule is Cc1ccc[n+](CCCN2C(=O)[C@@H]3CC=C(Cl)C[C@H]3C2=O)c1. The Balaban J connectivity index is 1.59. The van der Waals surface area contributed by atoms with Crippen molar-refractivity contribution in [3.05, 3.63) is 41.2 Å². The minimum Gasteiger partial charge on any atom is -0.282 e. The first-order chi connectivity index (χ1) is 10.6. The van der Waals surface area contributed by atoms with Crippen LogP contribution in [0.3, 0.4) is 0 Å². The van der Waals surface area contributed by atoms with Gasteiger partial charge in [0.15, 0.2) is 12.4 Å². The Morgan fingerprint density at radius 1 is 1.32 bits per heavy atom. The number of pyridine rings is 1. The van der Waals surface area contributed by atoms with Crippen molar-refractivity contribution < 1.29 is 14.2 Å². The quantitative estimate of drug-likeness (QED) is 0.630. The summed E-state index contributed by atoms with van der Waals surface area (Å²) in [6.07, 6.45) is 7.82. The summed E-state index contributed by atoms with van der Waals surface area (Å²) in [5.74, 6) is -0.501. The first-order valence-electron chi connectivity index (χ1n) is 7.71. The molecule has 4 nitrogen and oxygen atoms in total. The van der Waals surface area contributed by atoms with Gasteiger partial charge in [0.05, 0.1) is 11.8 Å². The summed E-state index contributed by atoms with van der Waals surface area (Å²) in [4.78, 5) is 26.2. The van der Waals surface area contributed by atoms with Crippen molar-refractivity contribution in [1.29, 1.82) is 0 Å². The van der Waals surface area contributed by atoms with E-state index in [0.717, 1.165) is 13.0 Å². The fraction of sp³-hybridized carbons (Fsp3) is 0.471. The molecule has 1 fully saturated rings. The number of aryl methyl sites for hydroxylation is 2. The average molecular weight is 320 g/mol. The number of rotatable bonds is 4. The zero-order valence-electron chi connectivity index (χ0n) is 12.7. The van der Waals surface area contributed by atoms with Crippen LogP contribution in [0.5, 0.6) is 0 Å². The van der Waals surface area contributed by atoms with Gasteiger partial charge >= 0.3 is 0 Å². The predicted molar refractivity (Wildman–Crippen MR) is 82.9 cm³/mol. The van der Waals surface area contributed by atoms with Crippen LogP contribution in [-0.4, -0.2) is 23.3 Å². The second-order valence-corrected chi connectivity index (χ2v) is 6.59. The maximum Gasteiger partial charge on any atom is 0.233 e. The van der Waals surface area contributed by atoms with Gasteiger partial charge in [-0.05, 0) is 25.8 Å². The van der Waals surface area contributed by atoms with Crippen molar-refractivity contribution in [3.63, 3.8) is 0 Å². The number of fused-ring (bicyclic) bond motifs is 1. The molecule has 2 amide bonds. The number of nitrogens with zero attached hydrogens (tertiary/aromatic N) is 2. The van der Waals surface area contributed by atoms with E-state index in [1.165, 1.54) is 10.5 Å². The third kappa shape index (κ3) is 2.93. The molecule has 0 spiro atoms. The Bertz CT molecular complexity index is 641. The maximum absolute atomic E-state index is 12.4. The number of aromatic nitrogens is 1. The van der Waals surface area contributed by atoms with Crippen molar-refractivity contribution in [1.82, 2.24) is 4.90 Å². The largest absolute Gasteiger partial charge is 0.282 e. The van der Waals surface area contributed by atoms with E-state index < -0.39 is 0 Å². The lowest BCUT2D eigenvalue weighted by Gasteiger charge is -2.17. The smallest absolute Gasteiger partial charge is 0.233 e. The highest BCUT2D eigenvalue weighted by molar-refractivity contribution is 6.30. The molecule has 0 bridgehead atoms. The van der Waals surface area contributed by atoms with Gasteiger partial charge in [-0.2, -0.15) is 0 Å². The first-order valence-corrected chi connectivity index (χ1v) is 8.09. The van der Waals surface area contributed by atoms with Gasteiger partial charge in [0, 0.05) is 29.6 Å². The normalized spacial score (nSPS) is 24.5. The number of hydrogen-bond donors (Lipinski definition) is 0. The molecule has 1 aliphatic carbocycles. The average Bonchev–Trinajstić information content (AvgIpc) is 2.72. The number of amides is 2. The van der Waals surface area contributed by atoms with Gasteiger partial charge in [-0.25, -0.2) is 4.57 Å². The molecule has 0 saturated carbocycles. The van der Waals surface area contributed by atoms with E-state index in [4.69, 9.17) is 11.6 Å². The van der Waals surface area contributed by atoms with Crippen molar-refractivity contribution in [3.8, 4) is 0 Å². The summed E-state index contributed by atoms with van der Waals surface area (Å²) in [7, 11) is 0. The molecule has 2 heterocycles. The maximum atomic E-state index is 12.4. The van der Waals surface area contributed by atoms with Crippen molar-refractivity contribution in [2.24, 2.45) is 11.8 Å². The van der Waals surface area contributed by atoms with Gasteiger partial charge in [0.2, 0.25) is 11.8 Å². The van der Waals surface area contributed by atoms with Crippen LogP contribution in [0.4, 0.5) is 0 Å². The van der Waals surface area contributed by atoms with Gasteiger partial charge in [-0.3, -0.25) is 14.5 Å². The van der Waals surface area contributed by atoms with Crippen molar-refractivity contribution in [2.45, 2.75) is 32.7 Å². The molecule has 2 aliphatic rings. The second-order valence-electron chi connectivity index (χ2n) is 6.10. The number of carbonyl (C=O) groups excluding carboxylic acids is 2. The van der Waals surface area contributed by atoms with Crippen LogP contribution in [0.1, 0.15) is 24.8 Å². The Kier molecular flexibility index (Phi) is 4.30. The molecule has 1 saturated heterocycles. The van der Waals surface area contributed by atoms with Crippen LogP contribution in [0.25, 0.3) is 0 Å². The number of likely N-dealkylation sites (tertiary alicyclic amines) is 1. The van der Waals surface area contributed by atoms with Gasteiger partial charge in [0.25, 0.3) is 0 Å². The van der Waals surface area contributed by atoms with Crippen molar-refractivity contribution in [2.75, 3.05) is 6.54 Å². The van der Waals surface area contributed by atoms with E-state index in [0.29, 0.717) is 24.4 Å². The Hall–Kier alpha value is -1.68. The number of allylic oxidation sites excluding steroid dienone is 2. The molecule has 0 N–H and O–H groups in total. The number of halogens is 1. The van der Waals surface area contributed by atoms with Gasteiger partial charge in [0.1, 0.15) is 6.54 Å². The minimum absolute atomic E-state index is 0.0235. The lowest BCUT2D eigenvalue weighted by molar-refractivity contribution is -0.697. The lowest BCUT2D eigenvalue weighted by atomic mass is 9.85. The van der Waals surface area contributed by atoms with E-state index in [9.17, 15) is 9.59 Å². The zero-order valence-corrected chi connectivity index (χ0v) is 13.4. The molecular formula is C17H20ClN2O2+. The number of carbonyl (C=O) groups is 2. The third-order valence-corrected chi connectivity index (χ3v) is 4.77. The lowest BCUT2D eigenvalue weighted by Crippen LogP contribution is -2.37. The van der Waals surface area contributed by atoms with Crippen LogP contribution in [0.15, 0.2) is 35.6 Å². The molecule has 0 unspecified atom stereocenters. The molecule has 2 atom stereocenters. The monoisotopic (exact) mass is 319 g/mol. The number of hydrogen-bond acceptors (Lipinski definition) is 2. The summed E-state index contributed by atoms with van der Waals surface area (Å²) in [6, 6.07) is 4.05. The zero-order chi connectivity index (χ0) is 15.7. The molecule has 1 aromatic heterocycles. The fourth-order valence-electron chi connectivity index (χ4n) is 3.32. The summed E-state index contributed by atoms with van der Waals surface area (Å²) in [6.45, 7) is 3.34. The van der Waals surface area contributed by atoms with E-state index >= 15 is 0 Å². The molecule has 3 rings (SSSR count). The molecule has 1 aromatic rings. The summed E-state index contributed by atoms with van der Waals surface area (Å²) < 4.78 is 2.09.